The van der Waals surface area contributed by atoms with Gasteiger partial charge in [0, 0.05) is 35.0 Å². The molecule has 0 radical (unpaired) electrons. The number of anilines is 1. The lowest BCUT2D eigenvalue weighted by atomic mass is 10.1. The molecule has 0 aliphatic carbocycles. The van der Waals surface area contributed by atoms with E-state index >= 15 is 0 Å². The molecule has 4 nitrogen and oxygen atoms in total. The van der Waals surface area contributed by atoms with E-state index in [4.69, 9.17) is 11.6 Å². The first-order valence-corrected chi connectivity index (χ1v) is 9.52. The van der Waals surface area contributed by atoms with Crippen molar-refractivity contribution in [2.75, 3.05) is 18.0 Å². The molecule has 1 N–H and O–H groups in total. The third kappa shape index (κ3) is 4.39. The van der Waals surface area contributed by atoms with E-state index in [1.165, 1.54) is 19.3 Å². The third-order valence-electron chi connectivity index (χ3n) is 4.12. The van der Waals surface area contributed by atoms with Crippen LogP contribution in [0.2, 0.25) is 5.02 Å². The fourth-order valence-corrected chi connectivity index (χ4v) is 3.39. The Morgan fingerprint density at radius 2 is 2.00 bits per heavy atom. The first-order valence-electron chi connectivity index (χ1n) is 8.06. The number of halogens is 2. The van der Waals surface area contributed by atoms with Crippen LogP contribution in [0.15, 0.2) is 36.5 Å². The lowest BCUT2D eigenvalue weighted by Crippen LogP contribution is -2.30. The molecule has 1 amide bonds. The monoisotopic (exact) mass is 455 g/mol. The lowest BCUT2D eigenvalue weighted by Gasteiger charge is -2.27. The molecule has 1 fully saturated rings. The highest BCUT2D eigenvalue weighted by molar-refractivity contribution is 14.1. The van der Waals surface area contributed by atoms with Crippen LogP contribution in [0.5, 0.6) is 0 Å². The maximum Gasteiger partial charge on any atom is 0.251 e. The summed E-state index contributed by atoms with van der Waals surface area (Å²) in [5.74, 6) is 0.918. The number of hydrogen-bond acceptors (Lipinski definition) is 3. The molecule has 1 aliphatic heterocycles. The molecule has 126 valence electrons. The number of amides is 1. The summed E-state index contributed by atoms with van der Waals surface area (Å²) in [4.78, 5) is 19.1. The second-order valence-electron chi connectivity index (χ2n) is 5.88. The summed E-state index contributed by atoms with van der Waals surface area (Å²) < 4.78 is 0.870. The van der Waals surface area contributed by atoms with Crippen LogP contribution in [0.3, 0.4) is 0 Å². The number of nitrogens with zero attached hydrogens (tertiary/aromatic N) is 2. The minimum atomic E-state index is -0.107. The highest BCUT2D eigenvalue weighted by Crippen LogP contribution is 2.20. The Labute approximate surface area is 160 Å². The summed E-state index contributed by atoms with van der Waals surface area (Å²) >= 11 is 8.11. The van der Waals surface area contributed by atoms with Crippen LogP contribution in [0.1, 0.15) is 35.2 Å². The average Bonchev–Trinajstić information content (AvgIpc) is 2.63. The largest absolute Gasteiger partial charge is 0.357 e. The van der Waals surface area contributed by atoms with Gasteiger partial charge in [-0.15, -0.1) is 0 Å². The number of pyridine rings is 1. The zero-order valence-corrected chi connectivity index (χ0v) is 16.2. The zero-order chi connectivity index (χ0) is 16.9. The standard InChI is InChI=1S/C18H19ClIN3O/c19-15-6-5-14(10-16(15)20)18(24)22-12-13-4-7-17(21-11-13)23-8-2-1-3-9-23/h4-7,10-11H,1-3,8-9,12H2,(H,22,24). The van der Waals surface area contributed by atoms with Gasteiger partial charge in [-0.1, -0.05) is 17.7 Å². The molecule has 0 atom stereocenters. The second kappa shape index (κ2) is 8.16. The number of carbonyl (C=O) groups is 1. The molecule has 1 aliphatic rings. The average molecular weight is 456 g/mol. The van der Waals surface area contributed by atoms with Crippen molar-refractivity contribution in [3.8, 4) is 0 Å². The van der Waals surface area contributed by atoms with Gasteiger partial charge < -0.3 is 10.2 Å². The van der Waals surface area contributed by atoms with Crippen LogP contribution in [-0.4, -0.2) is 24.0 Å². The van der Waals surface area contributed by atoms with Crippen molar-refractivity contribution >= 4 is 45.9 Å². The Balaban J connectivity index is 1.57. The number of piperidine rings is 1. The molecule has 6 heteroatoms. The zero-order valence-electron chi connectivity index (χ0n) is 13.3. The summed E-state index contributed by atoms with van der Waals surface area (Å²) in [6.45, 7) is 2.63. The molecule has 0 saturated carbocycles. The maximum atomic E-state index is 12.2. The van der Waals surface area contributed by atoms with Crippen molar-refractivity contribution < 1.29 is 4.79 Å². The van der Waals surface area contributed by atoms with Crippen LogP contribution < -0.4 is 10.2 Å². The molecule has 0 spiro atoms. The number of nitrogens with one attached hydrogen (secondary N) is 1. The number of rotatable bonds is 4. The summed E-state index contributed by atoms with van der Waals surface area (Å²) in [5, 5.41) is 3.58. The molecule has 1 aromatic carbocycles. The van der Waals surface area contributed by atoms with Gasteiger partial charge in [-0.05, 0) is 71.7 Å². The van der Waals surface area contributed by atoms with Crippen molar-refractivity contribution in [1.82, 2.24) is 10.3 Å². The Kier molecular flexibility index (Phi) is 5.94. The minimum absolute atomic E-state index is 0.107. The van der Waals surface area contributed by atoms with Gasteiger partial charge in [0.05, 0.1) is 5.02 Å². The molecule has 24 heavy (non-hydrogen) atoms. The van der Waals surface area contributed by atoms with Gasteiger partial charge in [-0.3, -0.25) is 4.79 Å². The molecule has 1 saturated heterocycles. The van der Waals surface area contributed by atoms with E-state index in [1.54, 1.807) is 18.2 Å². The minimum Gasteiger partial charge on any atom is -0.357 e. The van der Waals surface area contributed by atoms with Gasteiger partial charge in [0.25, 0.3) is 5.91 Å². The van der Waals surface area contributed by atoms with Gasteiger partial charge in [0.15, 0.2) is 0 Å². The number of hydrogen-bond donors (Lipinski definition) is 1. The van der Waals surface area contributed by atoms with E-state index in [1.807, 2.05) is 18.3 Å². The van der Waals surface area contributed by atoms with Gasteiger partial charge >= 0.3 is 0 Å². The lowest BCUT2D eigenvalue weighted by molar-refractivity contribution is 0.0951. The van der Waals surface area contributed by atoms with E-state index in [-0.39, 0.29) is 5.91 Å². The summed E-state index contributed by atoms with van der Waals surface area (Å²) in [5.41, 5.74) is 1.61. The molecule has 0 bridgehead atoms. The quantitative estimate of drug-likeness (QED) is 0.701. The van der Waals surface area contributed by atoms with Crippen molar-refractivity contribution in [2.24, 2.45) is 0 Å². The van der Waals surface area contributed by atoms with Crippen molar-refractivity contribution in [3.63, 3.8) is 0 Å². The first kappa shape index (κ1) is 17.5. The topological polar surface area (TPSA) is 45.2 Å². The molecule has 2 heterocycles. The smallest absolute Gasteiger partial charge is 0.251 e. The summed E-state index contributed by atoms with van der Waals surface area (Å²) in [6, 6.07) is 9.33. The van der Waals surface area contributed by atoms with E-state index in [0.29, 0.717) is 17.1 Å². The van der Waals surface area contributed by atoms with E-state index in [0.717, 1.165) is 28.0 Å². The Morgan fingerprint density at radius 3 is 2.67 bits per heavy atom. The van der Waals surface area contributed by atoms with Gasteiger partial charge in [-0.25, -0.2) is 4.98 Å². The first-order chi connectivity index (χ1) is 11.6. The Bertz CT molecular complexity index is 715. The second-order valence-corrected chi connectivity index (χ2v) is 7.45. The Hall–Kier alpha value is -1.34. The maximum absolute atomic E-state index is 12.2. The SMILES string of the molecule is O=C(NCc1ccc(N2CCCCC2)nc1)c1ccc(Cl)c(I)c1. The van der Waals surface area contributed by atoms with Crippen LogP contribution in [-0.2, 0) is 6.54 Å². The van der Waals surface area contributed by atoms with Crippen molar-refractivity contribution in [2.45, 2.75) is 25.8 Å². The fourth-order valence-electron chi connectivity index (χ4n) is 2.75. The number of carbonyl (C=O) groups excluding carboxylic acids is 1. The van der Waals surface area contributed by atoms with Crippen LogP contribution in [0, 0.1) is 3.57 Å². The highest BCUT2D eigenvalue weighted by Gasteiger charge is 2.12. The molecular formula is C18H19ClIN3O. The third-order valence-corrected chi connectivity index (χ3v) is 5.66. The van der Waals surface area contributed by atoms with Crippen LogP contribution >= 0.6 is 34.2 Å². The molecule has 1 aromatic heterocycles. The van der Waals surface area contributed by atoms with E-state index in [9.17, 15) is 4.79 Å². The summed E-state index contributed by atoms with van der Waals surface area (Å²) in [6.07, 6.45) is 5.62. The predicted octanol–water partition coefficient (Wildman–Crippen LogP) is 4.26. The van der Waals surface area contributed by atoms with Gasteiger partial charge in [0.2, 0.25) is 0 Å². The van der Waals surface area contributed by atoms with E-state index < -0.39 is 0 Å². The van der Waals surface area contributed by atoms with Gasteiger partial charge in [-0.2, -0.15) is 0 Å². The molecule has 2 aromatic rings. The molecule has 0 unspecified atom stereocenters. The van der Waals surface area contributed by atoms with Crippen LogP contribution in [0.25, 0.3) is 0 Å². The van der Waals surface area contributed by atoms with Gasteiger partial charge in [0.1, 0.15) is 5.82 Å². The van der Waals surface area contributed by atoms with E-state index in [2.05, 4.69) is 37.8 Å². The fraction of sp³-hybridized carbons (Fsp3) is 0.333. The number of aromatic nitrogens is 1. The van der Waals surface area contributed by atoms with Crippen molar-refractivity contribution in [1.29, 1.82) is 0 Å². The highest BCUT2D eigenvalue weighted by atomic mass is 127. The number of benzene rings is 1. The van der Waals surface area contributed by atoms with Crippen LogP contribution in [0.4, 0.5) is 5.82 Å². The Morgan fingerprint density at radius 1 is 1.21 bits per heavy atom. The molecule has 3 rings (SSSR count). The summed E-state index contributed by atoms with van der Waals surface area (Å²) in [7, 11) is 0. The normalized spacial score (nSPS) is 14.5. The predicted molar refractivity (Wildman–Crippen MR) is 106 cm³/mol. The molecular weight excluding hydrogens is 437 g/mol. The van der Waals surface area contributed by atoms with Crippen molar-refractivity contribution in [3.05, 3.63) is 56.2 Å².